The molecular formula is C72H134N2O21. The topological polar surface area (TPSA) is 373 Å². The van der Waals surface area contributed by atoms with Gasteiger partial charge in [-0.3, -0.25) is 9.59 Å². The summed E-state index contributed by atoms with van der Waals surface area (Å²) in [7, 11) is 0. The zero-order chi connectivity index (χ0) is 69.6. The number of carboxylic acids is 1. The van der Waals surface area contributed by atoms with Gasteiger partial charge in [-0.1, -0.05) is 264 Å². The lowest BCUT2D eigenvalue weighted by atomic mass is 9.88. The Morgan fingerprint density at radius 2 is 0.979 bits per heavy atom. The number of aliphatic hydroxyl groups excluding tert-OH is 11. The largest absolute Gasteiger partial charge is 0.477 e. The van der Waals surface area contributed by atoms with Crippen LogP contribution in [0.15, 0.2) is 12.2 Å². The molecule has 0 aromatic rings. The van der Waals surface area contributed by atoms with Gasteiger partial charge in [0, 0.05) is 19.8 Å². The van der Waals surface area contributed by atoms with Crippen molar-refractivity contribution < 1.29 is 104 Å². The molecular weight excluding hydrogens is 1230 g/mol. The van der Waals surface area contributed by atoms with Crippen molar-refractivity contribution in [2.75, 3.05) is 26.4 Å². The molecule has 95 heavy (non-hydrogen) atoms. The molecule has 0 bridgehead atoms. The molecule has 3 fully saturated rings. The molecule has 3 aliphatic rings. The monoisotopic (exact) mass is 1360 g/mol. The molecule has 0 aromatic carbocycles. The molecule has 0 spiro atoms. The molecule has 14 N–H and O–H groups in total. The number of allylic oxidation sites excluding steroid dienone is 1. The maximum Gasteiger partial charge on any atom is 0.364 e. The minimum absolute atomic E-state index is 0.205. The number of hydrogen-bond acceptors (Lipinski definition) is 20. The number of aliphatic hydroxyl groups is 11. The fraction of sp³-hybridized carbons (Fsp3) is 0.931. The van der Waals surface area contributed by atoms with Crippen LogP contribution in [0.1, 0.15) is 290 Å². The van der Waals surface area contributed by atoms with E-state index in [9.17, 15) is 75.7 Å². The van der Waals surface area contributed by atoms with Gasteiger partial charge in [0.05, 0.1) is 50.7 Å². The number of amides is 2. The van der Waals surface area contributed by atoms with Crippen LogP contribution in [-0.2, 0) is 42.8 Å². The number of rotatable bonds is 58. The van der Waals surface area contributed by atoms with Gasteiger partial charge in [-0.2, -0.15) is 0 Å². The summed E-state index contributed by atoms with van der Waals surface area (Å²) in [5, 5.41) is 136. The third kappa shape index (κ3) is 34.1. The van der Waals surface area contributed by atoms with Gasteiger partial charge >= 0.3 is 5.97 Å². The summed E-state index contributed by atoms with van der Waals surface area (Å²) in [6, 6.07) is -2.61. The highest BCUT2D eigenvalue weighted by molar-refractivity contribution is 5.77. The van der Waals surface area contributed by atoms with E-state index >= 15 is 0 Å². The lowest BCUT2D eigenvalue weighted by Gasteiger charge is -2.50. The first-order valence-corrected chi connectivity index (χ1v) is 37.6. The Labute approximate surface area is 569 Å². The molecule has 0 saturated carbocycles. The van der Waals surface area contributed by atoms with Crippen molar-refractivity contribution in [2.45, 2.75) is 400 Å². The van der Waals surface area contributed by atoms with Crippen molar-refractivity contribution in [2.24, 2.45) is 0 Å². The van der Waals surface area contributed by atoms with Gasteiger partial charge < -0.3 is 100 Å². The predicted molar refractivity (Wildman–Crippen MR) is 362 cm³/mol. The first-order chi connectivity index (χ1) is 45.9. The molecule has 3 aliphatic heterocycles. The van der Waals surface area contributed by atoms with Gasteiger partial charge in [-0.25, -0.2) is 4.79 Å². The Kier molecular flexibility index (Phi) is 47.9. The fourth-order valence-electron chi connectivity index (χ4n) is 13.2. The first-order valence-electron chi connectivity index (χ1n) is 37.6. The summed E-state index contributed by atoms with van der Waals surface area (Å²) in [5.41, 5.74) is 0. The van der Waals surface area contributed by atoms with Crippen molar-refractivity contribution >= 4 is 17.8 Å². The molecule has 3 heterocycles. The third-order valence-corrected chi connectivity index (χ3v) is 19.2. The number of carbonyl (C=O) groups excluding carboxylic acids is 2. The second kappa shape index (κ2) is 52.5. The molecule has 3 saturated heterocycles. The normalized spacial score (nSPS) is 27.7. The Hall–Kier alpha value is -2.53. The van der Waals surface area contributed by atoms with Crippen LogP contribution in [-0.4, -0.2) is 215 Å². The third-order valence-electron chi connectivity index (χ3n) is 19.2. The SMILES string of the molecule is CCCCCCCCCCCCC/C=C/C(O)C(COC1OC(CO)C(OC2OC(CO)C(O)C(OC3(C(=O)O)CC(O)C(NC(C)=O)C(C(O)C(O)CO)O3)C2O)C(O)C1O)NC(=O)CCCCCCCCCCCCCCCCCCCCCCCCCCCCCC. The summed E-state index contributed by atoms with van der Waals surface area (Å²) in [4.78, 5) is 38.6. The Morgan fingerprint density at radius 3 is 1.40 bits per heavy atom. The smallest absolute Gasteiger partial charge is 0.364 e. The van der Waals surface area contributed by atoms with Gasteiger partial charge in [0.1, 0.15) is 67.1 Å². The number of carboxylic acid groups (broad SMARTS) is 1. The number of nitrogens with one attached hydrogen (secondary N) is 2. The Morgan fingerprint density at radius 1 is 0.547 bits per heavy atom. The lowest BCUT2D eigenvalue weighted by molar-refractivity contribution is -0.386. The number of ether oxygens (including phenoxy) is 6. The highest BCUT2D eigenvalue weighted by Gasteiger charge is 2.60. The molecule has 0 radical (unpaired) electrons. The van der Waals surface area contributed by atoms with E-state index in [-0.39, 0.29) is 12.3 Å². The molecule has 0 aliphatic carbocycles. The maximum absolute atomic E-state index is 13.5. The fourth-order valence-corrected chi connectivity index (χ4v) is 13.2. The molecule has 23 nitrogen and oxygen atoms in total. The van der Waals surface area contributed by atoms with Crippen LogP contribution < -0.4 is 10.6 Å². The molecule has 2 amide bonds. The average molecular weight is 1360 g/mol. The standard InChI is InChI=1S/C72H134N2O21/c1-4-6-8-10-12-14-16-18-19-20-21-22-23-24-25-26-27-28-29-30-31-32-34-36-38-40-42-44-46-59(82)74-53(54(79)45-43-41-39-37-35-33-17-15-13-11-9-7-5-2)51-90-69-64(86)63(85)66(58(50-77)92-69)93-70-65(87)68(62(84)57(49-76)91-70)95-72(71(88)89)47-55(80)60(73-52(3)78)67(94-72)61(83)56(81)48-75/h43,45,53-58,60-70,75-77,79-81,83-87H,4-42,44,46-51H2,1-3H3,(H,73,78)(H,74,82)(H,88,89)/b45-43+. The van der Waals surface area contributed by atoms with Crippen LogP contribution in [0.5, 0.6) is 0 Å². The summed E-state index contributed by atoms with van der Waals surface area (Å²) < 4.78 is 34.8. The van der Waals surface area contributed by atoms with Crippen LogP contribution in [0.2, 0.25) is 0 Å². The summed E-state index contributed by atoms with van der Waals surface area (Å²) in [5.74, 6) is -6.13. The Balaban J connectivity index is 1.50. The molecule has 0 aromatic heterocycles. The zero-order valence-corrected chi connectivity index (χ0v) is 58.5. The number of carbonyl (C=O) groups is 3. The second-order valence-corrected chi connectivity index (χ2v) is 27.5. The van der Waals surface area contributed by atoms with Gasteiger partial charge in [-0.05, 0) is 19.3 Å². The number of hydrogen-bond donors (Lipinski definition) is 14. The van der Waals surface area contributed by atoms with Gasteiger partial charge in [0.15, 0.2) is 12.6 Å². The highest BCUT2D eigenvalue weighted by atomic mass is 16.8. The molecule has 558 valence electrons. The van der Waals surface area contributed by atoms with Crippen LogP contribution >= 0.6 is 0 Å². The van der Waals surface area contributed by atoms with Crippen LogP contribution in [0.25, 0.3) is 0 Å². The van der Waals surface area contributed by atoms with Crippen molar-refractivity contribution in [3.63, 3.8) is 0 Å². The first kappa shape index (κ1) is 86.7. The maximum atomic E-state index is 13.5. The van der Waals surface area contributed by atoms with E-state index in [1.807, 2.05) is 6.08 Å². The van der Waals surface area contributed by atoms with Crippen LogP contribution in [0.3, 0.4) is 0 Å². The summed E-state index contributed by atoms with van der Waals surface area (Å²) >= 11 is 0. The van der Waals surface area contributed by atoms with Crippen LogP contribution in [0, 0.1) is 0 Å². The van der Waals surface area contributed by atoms with Gasteiger partial charge in [0.2, 0.25) is 11.8 Å². The van der Waals surface area contributed by atoms with Crippen molar-refractivity contribution in [1.29, 1.82) is 0 Å². The van der Waals surface area contributed by atoms with E-state index < -0.39 is 155 Å². The van der Waals surface area contributed by atoms with E-state index in [0.717, 1.165) is 51.9 Å². The molecule has 3 rings (SSSR count). The van der Waals surface area contributed by atoms with E-state index in [1.54, 1.807) is 6.08 Å². The van der Waals surface area contributed by atoms with Crippen molar-refractivity contribution in [3.8, 4) is 0 Å². The van der Waals surface area contributed by atoms with E-state index in [0.29, 0.717) is 12.8 Å². The highest BCUT2D eigenvalue weighted by Crippen LogP contribution is 2.39. The Bertz CT molecular complexity index is 1960. The minimum atomic E-state index is -3.08. The predicted octanol–water partition coefficient (Wildman–Crippen LogP) is 8.24. The van der Waals surface area contributed by atoms with E-state index in [1.165, 1.54) is 199 Å². The second-order valence-electron chi connectivity index (χ2n) is 27.5. The zero-order valence-electron chi connectivity index (χ0n) is 58.5. The number of unbranched alkanes of at least 4 members (excludes halogenated alkanes) is 38. The van der Waals surface area contributed by atoms with Gasteiger partial charge in [-0.15, -0.1) is 0 Å². The summed E-state index contributed by atoms with van der Waals surface area (Å²) in [6.45, 7) is 2.15. The number of aliphatic carboxylic acids is 1. The van der Waals surface area contributed by atoms with E-state index in [4.69, 9.17) is 28.4 Å². The summed E-state index contributed by atoms with van der Waals surface area (Å²) in [6.07, 6.45) is 24.2. The van der Waals surface area contributed by atoms with Gasteiger partial charge in [0.25, 0.3) is 5.79 Å². The van der Waals surface area contributed by atoms with Crippen molar-refractivity contribution in [1.82, 2.24) is 10.6 Å². The molecule has 18 unspecified atom stereocenters. The van der Waals surface area contributed by atoms with E-state index in [2.05, 4.69) is 24.5 Å². The molecule has 23 heteroatoms. The molecule has 18 atom stereocenters. The van der Waals surface area contributed by atoms with Crippen molar-refractivity contribution in [3.05, 3.63) is 12.2 Å². The van der Waals surface area contributed by atoms with Crippen LogP contribution in [0.4, 0.5) is 0 Å². The quantitative estimate of drug-likeness (QED) is 0.0201. The lowest BCUT2D eigenvalue weighted by Crippen LogP contribution is -2.70. The average Bonchev–Trinajstić information content (AvgIpc) is 0.758. The minimum Gasteiger partial charge on any atom is -0.477 e.